The Morgan fingerprint density at radius 1 is 1.38 bits per heavy atom. The van der Waals surface area contributed by atoms with Crippen LogP contribution >= 0.6 is 0 Å². The van der Waals surface area contributed by atoms with E-state index in [0.29, 0.717) is 12.6 Å². The van der Waals surface area contributed by atoms with E-state index in [9.17, 15) is 4.79 Å². The van der Waals surface area contributed by atoms with Gasteiger partial charge in [0.05, 0.1) is 6.04 Å². The number of hydrogen-bond acceptors (Lipinski definition) is 3. The molecule has 1 aromatic rings. The number of fused-ring (bicyclic) bond motifs is 1. The molecule has 1 amide bonds. The lowest BCUT2D eigenvalue weighted by Gasteiger charge is -2.14. The highest BCUT2D eigenvalue weighted by atomic mass is 16.1. The topological polar surface area (TPSA) is 81.1 Å². The Bertz CT molecular complexity index is 367. The summed E-state index contributed by atoms with van der Waals surface area (Å²) in [5.74, 6) is -0.456. The minimum atomic E-state index is -0.594. The van der Waals surface area contributed by atoms with Crippen LogP contribution in [0.25, 0.3) is 0 Å². The molecule has 0 saturated heterocycles. The van der Waals surface area contributed by atoms with Crippen LogP contribution in [-0.2, 0) is 17.6 Å². The number of benzene rings is 1. The Labute approximate surface area is 95.0 Å². The van der Waals surface area contributed by atoms with Crippen molar-refractivity contribution in [2.24, 2.45) is 11.5 Å². The smallest absolute Gasteiger partial charge is 0.235 e. The van der Waals surface area contributed by atoms with Crippen LogP contribution in [0.5, 0.6) is 0 Å². The zero-order valence-electron chi connectivity index (χ0n) is 9.15. The average Bonchev–Trinajstić information content (AvgIpc) is 2.68. The van der Waals surface area contributed by atoms with Gasteiger partial charge in [-0.2, -0.15) is 0 Å². The maximum Gasteiger partial charge on any atom is 0.235 e. The third-order valence-corrected chi connectivity index (χ3v) is 3.04. The Balaban J connectivity index is 1.86. The highest BCUT2D eigenvalue weighted by Gasteiger charge is 2.21. The molecule has 0 aromatic heterocycles. The summed E-state index contributed by atoms with van der Waals surface area (Å²) in [5.41, 5.74) is 13.4. The van der Waals surface area contributed by atoms with E-state index < -0.39 is 11.9 Å². The van der Waals surface area contributed by atoms with Crippen molar-refractivity contribution >= 4 is 5.91 Å². The Kier molecular flexibility index (Phi) is 3.22. The van der Waals surface area contributed by atoms with E-state index in [2.05, 4.69) is 29.6 Å². The van der Waals surface area contributed by atoms with E-state index in [4.69, 9.17) is 11.5 Å². The molecule has 4 nitrogen and oxygen atoms in total. The van der Waals surface area contributed by atoms with Crippen molar-refractivity contribution in [1.82, 2.24) is 5.32 Å². The molecule has 2 rings (SSSR count). The van der Waals surface area contributed by atoms with Crippen molar-refractivity contribution in [3.8, 4) is 0 Å². The lowest BCUT2D eigenvalue weighted by molar-refractivity contribution is -0.119. The molecule has 0 saturated carbocycles. The monoisotopic (exact) mass is 219 g/mol. The quantitative estimate of drug-likeness (QED) is 0.642. The predicted octanol–water partition coefficient (Wildman–Crippen LogP) is -0.444. The van der Waals surface area contributed by atoms with Crippen LogP contribution in [0.3, 0.4) is 0 Å². The van der Waals surface area contributed by atoms with Crippen molar-refractivity contribution in [3.05, 3.63) is 35.4 Å². The van der Waals surface area contributed by atoms with E-state index in [0.717, 1.165) is 12.8 Å². The molecule has 1 aliphatic rings. The summed E-state index contributed by atoms with van der Waals surface area (Å²) in [6.45, 7) is 0.452. The van der Waals surface area contributed by atoms with Crippen molar-refractivity contribution < 1.29 is 4.79 Å². The van der Waals surface area contributed by atoms with Gasteiger partial charge in [0.15, 0.2) is 0 Å². The average molecular weight is 219 g/mol. The van der Waals surface area contributed by atoms with Crippen molar-refractivity contribution in [3.63, 3.8) is 0 Å². The van der Waals surface area contributed by atoms with E-state index >= 15 is 0 Å². The summed E-state index contributed by atoms with van der Waals surface area (Å²) in [5, 5.41) is 3.28. The van der Waals surface area contributed by atoms with Crippen LogP contribution < -0.4 is 16.8 Å². The number of amides is 1. The molecule has 4 heteroatoms. The second kappa shape index (κ2) is 4.63. The number of carbonyl (C=O) groups is 1. The molecule has 0 fully saturated rings. The van der Waals surface area contributed by atoms with Gasteiger partial charge in [-0.25, -0.2) is 0 Å². The van der Waals surface area contributed by atoms with Crippen LogP contribution in [0.4, 0.5) is 0 Å². The first-order valence-corrected chi connectivity index (χ1v) is 5.52. The Morgan fingerprint density at radius 2 is 1.94 bits per heavy atom. The molecule has 1 aromatic carbocycles. The zero-order valence-corrected chi connectivity index (χ0v) is 9.15. The lowest BCUT2D eigenvalue weighted by Crippen LogP contribution is -2.47. The summed E-state index contributed by atoms with van der Waals surface area (Å²) < 4.78 is 0. The molecule has 5 N–H and O–H groups in total. The third-order valence-electron chi connectivity index (χ3n) is 3.04. The van der Waals surface area contributed by atoms with Crippen molar-refractivity contribution in [1.29, 1.82) is 0 Å². The molecule has 16 heavy (non-hydrogen) atoms. The SMILES string of the molecule is NC(=O)C(N)CNC1Cc2ccccc2C1. The van der Waals surface area contributed by atoms with Gasteiger partial charge in [-0.15, -0.1) is 0 Å². The fraction of sp³-hybridized carbons (Fsp3) is 0.417. The standard InChI is InChI=1S/C12H17N3O/c13-11(12(14)16)7-15-10-5-8-3-1-2-4-9(8)6-10/h1-4,10-11,15H,5-7,13H2,(H2,14,16). The molecule has 86 valence electrons. The van der Waals surface area contributed by atoms with Crippen molar-refractivity contribution in [2.45, 2.75) is 24.9 Å². The van der Waals surface area contributed by atoms with E-state index in [-0.39, 0.29) is 0 Å². The molecule has 0 radical (unpaired) electrons. The van der Waals surface area contributed by atoms with E-state index in [1.54, 1.807) is 0 Å². The Morgan fingerprint density at radius 3 is 2.44 bits per heavy atom. The summed E-state index contributed by atoms with van der Waals surface area (Å²) >= 11 is 0. The fourth-order valence-corrected chi connectivity index (χ4v) is 2.10. The first kappa shape index (κ1) is 11.1. The van der Waals surface area contributed by atoms with Crippen molar-refractivity contribution in [2.75, 3.05) is 6.54 Å². The molecule has 0 spiro atoms. The number of primary amides is 1. The molecule has 0 aliphatic heterocycles. The normalized spacial score (nSPS) is 17.1. The van der Waals surface area contributed by atoms with Gasteiger partial charge in [0.2, 0.25) is 5.91 Å². The Hall–Kier alpha value is -1.39. The highest BCUT2D eigenvalue weighted by molar-refractivity contribution is 5.79. The second-order valence-corrected chi connectivity index (χ2v) is 4.29. The maximum atomic E-state index is 10.8. The van der Waals surface area contributed by atoms with Gasteiger partial charge in [0.1, 0.15) is 0 Å². The summed E-state index contributed by atoms with van der Waals surface area (Å²) in [7, 11) is 0. The van der Waals surface area contributed by atoms with Gasteiger partial charge in [-0.05, 0) is 24.0 Å². The first-order chi connectivity index (χ1) is 7.66. The van der Waals surface area contributed by atoms with Crippen LogP contribution in [0.1, 0.15) is 11.1 Å². The maximum absolute atomic E-state index is 10.8. The number of nitrogens with two attached hydrogens (primary N) is 2. The first-order valence-electron chi connectivity index (χ1n) is 5.52. The van der Waals surface area contributed by atoms with Crippen LogP contribution in [0, 0.1) is 0 Å². The predicted molar refractivity (Wildman–Crippen MR) is 62.8 cm³/mol. The van der Waals surface area contributed by atoms with Crippen LogP contribution in [0.15, 0.2) is 24.3 Å². The molecule has 1 atom stereocenters. The molecule has 1 unspecified atom stereocenters. The summed E-state index contributed by atoms with van der Waals surface area (Å²) in [6, 6.07) is 8.18. The van der Waals surface area contributed by atoms with Gasteiger partial charge in [-0.3, -0.25) is 4.79 Å². The number of rotatable bonds is 4. The minimum Gasteiger partial charge on any atom is -0.368 e. The molecular weight excluding hydrogens is 202 g/mol. The molecule has 1 aliphatic carbocycles. The van der Waals surface area contributed by atoms with E-state index in [1.165, 1.54) is 11.1 Å². The van der Waals surface area contributed by atoms with Gasteiger partial charge in [0, 0.05) is 12.6 Å². The van der Waals surface area contributed by atoms with Crippen LogP contribution in [0.2, 0.25) is 0 Å². The van der Waals surface area contributed by atoms with Gasteiger partial charge < -0.3 is 16.8 Å². The largest absolute Gasteiger partial charge is 0.368 e. The second-order valence-electron chi connectivity index (χ2n) is 4.29. The van der Waals surface area contributed by atoms with Crippen LogP contribution in [-0.4, -0.2) is 24.5 Å². The summed E-state index contributed by atoms with van der Waals surface area (Å²) in [6.07, 6.45) is 2.00. The molecular formula is C12H17N3O. The van der Waals surface area contributed by atoms with Gasteiger partial charge in [-0.1, -0.05) is 24.3 Å². The minimum absolute atomic E-state index is 0.378. The number of carbonyl (C=O) groups excluding carboxylic acids is 1. The molecule has 0 bridgehead atoms. The third kappa shape index (κ3) is 2.40. The number of nitrogens with one attached hydrogen (secondary N) is 1. The highest BCUT2D eigenvalue weighted by Crippen LogP contribution is 2.21. The van der Waals surface area contributed by atoms with Gasteiger partial charge >= 0.3 is 0 Å². The number of hydrogen-bond donors (Lipinski definition) is 3. The van der Waals surface area contributed by atoms with Gasteiger partial charge in [0.25, 0.3) is 0 Å². The lowest BCUT2D eigenvalue weighted by atomic mass is 10.1. The van der Waals surface area contributed by atoms with E-state index in [1.807, 2.05) is 0 Å². The zero-order chi connectivity index (χ0) is 11.5. The fourth-order valence-electron chi connectivity index (χ4n) is 2.10. The summed E-state index contributed by atoms with van der Waals surface area (Å²) in [4.78, 5) is 10.8. The molecule has 0 heterocycles.